The molecule has 0 fully saturated rings. The number of anilines is 1. The van der Waals surface area contributed by atoms with Crippen molar-refractivity contribution in [1.29, 1.82) is 0 Å². The minimum Gasteiger partial charge on any atom is -0.398 e. The number of nitrogens with one attached hydrogen (secondary N) is 1. The quantitative estimate of drug-likeness (QED) is 0.588. The Kier molecular flexibility index (Phi) is 1.26. The van der Waals surface area contributed by atoms with Crippen LogP contribution in [0, 0.1) is 0 Å². The van der Waals surface area contributed by atoms with Crippen molar-refractivity contribution in [1.82, 2.24) is 10.2 Å². The van der Waals surface area contributed by atoms with Crippen LogP contribution in [0.5, 0.6) is 0 Å². The average Bonchev–Trinajstić information content (AvgIpc) is 2.34. The van der Waals surface area contributed by atoms with Crippen LogP contribution in [0.25, 0.3) is 10.9 Å². The fraction of sp³-hybridized carbons (Fsp3) is 0. The largest absolute Gasteiger partial charge is 0.398 e. The molecule has 0 unspecified atom stereocenters. The van der Waals surface area contributed by atoms with Crippen molar-refractivity contribution in [2.75, 3.05) is 5.73 Å². The predicted molar refractivity (Wildman–Crippen MR) is 45.5 cm³/mol. The van der Waals surface area contributed by atoms with Crippen LogP contribution in [0.4, 0.5) is 5.69 Å². The smallest absolute Gasteiger partial charge is 0.0685 e. The van der Waals surface area contributed by atoms with Gasteiger partial charge >= 0.3 is 0 Å². The van der Waals surface area contributed by atoms with Gasteiger partial charge in [-0.3, -0.25) is 5.10 Å². The minimum atomic E-state index is 0.624. The van der Waals surface area contributed by atoms with Gasteiger partial charge in [0, 0.05) is 16.1 Å². The summed E-state index contributed by atoms with van der Waals surface area (Å²) in [7, 11) is 0. The molecule has 0 aliphatic rings. The molecule has 0 saturated carbocycles. The third-order valence-corrected chi connectivity index (χ3v) is 1.77. The molecule has 0 radical (unpaired) electrons. The summed E-state index contributed by atoms with van der Waals surface area (Å²) < 4.78 is 0. The lowest BCUT2D eigenvalue weighted by Crippen LogP contribution is -1.84. The second kappa shape index (κ2) is 2.13. The maximum atomic E-state index is 5.75. The molecule has 4 heteroatoms. The van der Waals surface area contributed by atoms with Gasteiger partial charge in [-0.1, -0.05) is 11.6 Å². The predicted octanol–water partition coefficient (Wildman–Crippen LogP) is 1.80. The fourth-order valence-electron chi connectivity index (χ4n) is 1.04. The first-order chi connectivity index (χ1) is 5.27. The molecule has 0 atom stereocenters. The van der Waals surface area contributed by atoms with Crippen LogP contribution in [0.3, 0.4) is 0 Å². The Morgan fingerprint density at radius 2 is 2.27 bits per heavy atom. The number of nitrogens with zero attached hydrogens (tertiary/aromatic N) is 1. The number of nitrogens with two attached hydrogens (primary N) is 1. The Hall–Kier alpha value is -1.22. The van der Waals surface area contributed by atoms with E-state index in [1.165, 1.54) is 0 Å². The molecule has 2 rings (SSSR count). The maximum absolute atomic E-state index is 5.75. The molecule has 2 aromatic rings. The highest BCUT2D eigenvalue weighted by atomic mass is 35.5. The van der Waals surface area contributed by atoms with E-state index in [4.69, 9.17) is 17.3 Å². The third kappa shape index (κ3) is 0.935. The summed E-state index contributed by atoms with van der Waals surface area (Å²) >= 11 is 5.75. The number of hydrogen-bond donors (Lipinski definition) is 2. The van der Waals surface area contributed by atoms with Crippen LogP contribution < -0.4 is 5.73 Å². The Morgan fingerprint density at radius 3 is 3.09 bits per heavy atom. The number of halogens is 1. The Morgan fingerprint density at radius 1 is 1.45 bits per heavy atom. The van der Waals surface area contributed by atoms with Gasteiger partial charge in [0.05, 0.1) is 11.7 Å². The monoisotopic (exact) mass is 167 g/mol. The Balaban J connectivity index is 2.91. The topological polar surface area (TPSA) is 54.7 Å². The first-order valence-corrected chi connectivity index (χ1v) is 3.53. The van der Waals surface area contributed by atoms with Crippen molar-refractivity contribution < 1.29 is 0 Å². The minimum absolute atomic E-state index is 0.624. The molecule has 0 spiro atoms. The van der Waals surface area contributed by atoms with Gasteiger partial charge in [0.1, 0.15) is 0 Å². The van der Waals surface area contributed by atoms with Crippen molar-refractivity contribution in [3.8, 4) is 0 Å². The molecule has 3 nitrogen and oxygen atoms in total. The molecule has 0 saturated heterocycles. The van der Waals surface area contributed by atoms with E-state index in [0.717, 1.165) is 10.9 Å². The average molecular weight is 168 g/mol. The lowest BCUT2D eigenvalue weighted by Gasteiger charge is -1.95. The van der Waals surface area contributed by atoms with Gasteiger partial charge in [-0.25, -0.2) is 0 Å². The molecule has 0 amide bonds. The standard InChI is InChI=1S/C7H6ClN3/c8-4-1-6(9)5-3-10-11-7(5)2-4/h1-3H,9H2,(H,10,11). The summed E-state index contributed by atoms with van der Waals surface area (Å²) in [4.78, 5) is 0. The maximum Gasteiger partial charge on any atom is 0.0685 e. The van der Waals surface area contributed by atoms with Crippen molar-refractivity contribution in [2.24, 2.45) is 0 Å². The van der Waals surface area contributed by atoms with Crippen LogP contribution in [0.1, 0.15) is 0 Å². The van der Waals surface area contributed by atoms with Crippen LogP contribution in [0.15, 0.2) is 18.3 Å². The highest BCUT2D eigenvalue weighted by Gasteiger charge is 2.00. The first-order valence-electron chi connectivity index (χ1n) is 3.15. The number of nitrogen functional groups attached to an aromatic ring is 1. The molecular formula is C7H6ClN3. The van der Waals surface area contributed by atoms with E-state index < -0.39 is 0 Å². The van der Waals surface area contributed by atoms with Crippen molar-refractivity contribution in [3.05, 3.63) is 23.4 Å². The molecular weight excluding hydrogens is 162 g/mol. The molecule has 56 valence electrons. The first kappa shape index (κ1) is 6.49. The van der Waals surface area contributed by atoms with E-state index in [-0.39, 0.29) is 0 Å². The van der Waals surface area contributed by atoms with E-state index in [2.05, 4.69) is 10.2 Å². The molecule has 0 aliphatic heterocycles. The number of H-pyrrole nitrogens is 1. The van der Waals surface area contributed by atoms with E-state index in [9.17, 15) is 0 Å². The Labute approximate surface area is 68.2 Å². The zero-order valence-electron chi connectivity index (χ0n) is 5.63. The lowest BCUT2D eigenvalue weighted by atomic mass is 10.2. The molecule has 0 bridgehead atoms. The molecule has 1 aromatic heterocycles. The van der Waals surface area contributed by atoms with Crippen molar-refractivity contribution in [3.63, 3.8) is 0 Å². The second-order valence-corrected chi connectivity index (χ2v) is 2.76. The van der Waals surface area contributed by atoms with Crippen LogP contribution in [0.2, 0.25) is 5.02 Å². The number of aromatic nitrogens is 2. The van der Waals surface area contributed by atoms with Crippen molar-refractivity contribution >= 4 is 28.2 Å². The van der Waals surface area contributed by atoms with Gasteiger partial charge in [0.2, 0.25) is 0 Å². The number of aromatic amines is 1. The van der Waals surface area contributed by atoms with Gasteiger partial charge in [0.25, 0.3) is 0 Å². The number of benzene rings is 1. The van der Waals surface area contributed by atoms with Gasteiger partial charge in [0.15, 0.2) is 0 Å². The number of fused-ring (bicyclic) bond motifs is 1. The zero-order valence-corrected chi connectivity index (χ0v) is 6.39. The SMILES string of the molecule is Nc1cc(Cl)cc2[nH]ncc12. The molecule has 1 heterocycles. The van der Waals surface area contributed by atoms with E-state index >= 15 is 0 Å². The summed E-state index contributed by atoms with van der Waals surface area (Å²) in [5, 5.41) is 8.16. The molecule has 1 aromatic carbocycles. The van der Waals surface area contributed by atoms with Crippen LogP contribution >= 0.6 is 11.6 Å². The number of hydrogen-bond acceptors (Lipinski definition) is 2. The Bertz CT molecular complexity index is 393. The normalized spacial score (nSPS) is 10.6. The zero-order chi connectivity index (χ0) is 7.84. The second-order valence-electron chi connectivity index (χ2n) is 2.33. The summed E-state index contributed by atoms with van der Waals surface area (Å²) in [5.41, 5.74) is 7.18. The summed E-state index contributed by atoms with van der Waals surface area (Å²) in [6.07, 6.45) is 1.68. The number of rotatable bonds is 0. The highest BCUT2D eigenvalue weighted by Crippen LogP contribution is 2.23. The van der Waals surface area contributed by atoms with E-state index in [1.807, 2.05) is 0 Å². The van der Waals surface area contributed by atoms with Crippen LogP contribution in [-0.2, 0) is 0 Å². The molecule has 0 aliphatic carbocycles. The fourth-order valence-corrected chi connectivity index (χ4v) is 1.27. The van der Waals surface area contributed by atoms with Crippen LogP contribution in [-0.4, -0.2) is 10.2 Å². The summed E-state index contributed by atoms with van der Waals surface area (Å²) in [6, 6.07) is 3.50. The third-order valence-electron chi connectivity index (χ3n) is 1.56. The van der Waals surface area contributed by atoms with Gasteiger partial charge in [-0.15, -0.1) is 0 Å². The van der Waals surface area contributed by atoms with Gasteiger partial charge < -0.3 is 5.73 Å². The molecule has 3 N–H and O–H groups in total. The lowest BCUT2D eigenvalue weighted by molar-refractivity contribution is 1.12. The van der Waals surface area contributed by atoms with E-state index in [1.54, 1.807) is 18.3 Å². The van der Waals surface area contributed by atoms with Gasteiger partial charge in [-0.05, 0) is 12.1 Å². The van der Waals surface area contributed by atoms with Crippen molar-refractivity contribution in [2.45, 2.75) is 0 Å². The van der Waals surface area contributed by atoms with E-state index in [0.29, 0.717) is 10.7 Å². The summed E-state index contributed by atoms with van der Waals surface area (Å²) in [5.74, 6) is 0. The van der Waals surface area contributed by atoms with Gasteiger partial charge in [-0.2, -0.15) is 5.10 Å². The summed E-state index contributed by atoms with van der Waals surface area (Å²) in [6.45, 7) is 0. The molecule has 11 heavy (non-hydrogen) atoms. The highest BCUT2D eigenvalue weighted by molar-refractivity contribution is 6.31.